The molecule has 92 valence electrons. The Bertz CT molecular complexity index is 514. The second-order valence-corrected chi connectivity index (χ2v) is 4.68. The lowest BCUT2D eigenvalue weighted by atomic mass is 10.1. The minimum absolute atomic E-state index is 0.382. The van der Waals surface area contributed by atoms with Gasteiger partial charge < -0.3 is 15.0 Å². The first-order valence-electron chi connectivity index (χ1n) is 6.11. The Morgan fingerprint density at radius 1 is 1.35 bits per heavy atom. The van der Waals surface area contributed by atoms with Crippen molar-refractivity contribution < 1.29 is 5.11 Å². The van der Waals surface area contributed by atoms with E-state index in [0.29, 0.717) is 11.8 Å². The van der Waals surface area contributed by atoms with Crippen molar-refractivity contribution in [1.82, 2.24) is 9.88 Å². The molecule has 1 heterocycles. The first kappa shape index (κ1) is 12.0. The first-order chi connectivity index (χ1) is 8.15. The zero-order chi connectivity index (χ0) is 12.4. The number of likely N-dealkylation sites (N-methyl/N-ethyl adjacent to an activating group) is 1. The van der Waals surface area contributed by atoms with E-state index < -0.39 is 0 Å². The van der Waals surface area contributed by atoms with Crippen LogP contribution >= 0.6 is 0 Å². The number of benzene rings is 1. The van der Waals surface area contributed by atoms with Crippen molar-refractivity contribution in [2.45, 2.75) is 26.3 Å². The molecule has 1 aromatic carbocycles. The van der Waals surface area contributed by atoms with Gasteiger partial charge in [-0.1, -0.05) is 6.07 Å². The number of phenolic OH excluding ortho intramolecular Hbond substituents is 1. The molecule has 0 saturated carbocycles. The minimum Gasteiger partial charge on any atom is -0.507 e. The number of nitrogens with zero attached hydrogens (tertiary/aromatic N) is 1. The zero-order valence-corrected chi connectivity index (χ0v) is 10.7. The van der Waals surface area contributed by atoms with Crippen molar-refractivity contribution >= 4 is 10.9 Å². The number of rotatable bonds is 4. The summed E-state index contributed by atoms with van der Waals surface area (Å²) in [7, 11) is 1.95. The summed E-state index contributed by atoms with van der Waals surface area (Å²) in [6, 6.07) is 6.13. The molecule has 0 fully saturated rings. The second kappa shape index (κ2) is 4.80. The fourth-order valence-electron chi connectivity index (χ4n) is 2.25. The van der Waals surface area contributed by atoms with E-state index in [2.05, 4.69) is 36.0 Å². The van der Waals surface area contributed by atoms with E-state index in [1.54, 1.807) is 6.07 Å². The Labute approximate surface area is 102 Å². The van der Waals surface area contributed by atoms with Crippen molar-refractivity contribution in [3.63, 3.8) is 0 Å². The number of fused-ring (bicyclic) bond motifs is 1. The van der Waals surface area contributed by atoms with Crippen LogP contribution in [0.25, 0.3) is 10.9 Å². The molecule has 0 radical (unpaired) electrons. The normalized spacial score (nSPS) is 11.5. The van der Waals surface area contributed by atoms with Gasteiger partial charge in [-0.05, 0) is 51.6 Å². The monoisotopic (exact) mass is 232 g/mol. The summed E-state index contributed by atoms with van der Waals surface area (Å²) in [5, 5.41) is 14.2. The van der Waals surface area contributed by atoms with Crippen LogP contribution in [-0.2, 0) is 6.42 Å². The Morgan fingerprint density at radius 2 is 2.12 bits per heavy atom. The van der Waals surface area contributed by atoms with Crippen LogP contribution in [0.2, 0.25) is 0 Å². The molecule has 17 heavy (non-hydrogen) atoms. The highest BCUT2D eigenvalue weighted by Crippen LogP contribution is 2.31. The average molecular weight is 232 g/mol. The van der Waals surface area contributed by atoms with Gasteiger partial charge >= 0.3 is 0 Å². The molecule has 1 aromatic heterocycles. The van der Waals surface area contributed by atoms with E-state index in [1.165, 1.54) is 5.56 Å². The summed E-state index contributed by atoms with van der Waals surface area (Å²) in [5.74, 6) is 0.382. The van der Waals surface area contributed by atoms with Crippen molar-refractivity contribution in [3.05, 3.63) is 30.0 Å². The predicted octanol–water partition coefficient (Wildman–Crippen LogP) is 2.69. The van der Waals surface area contributed by atoms with E-state index in [-0.39, 0.29) is 0 Å². The van der Waals surface area contributed by atoms with E-state index in [9.17, 15) is 5.11 Å². The van der Waals surface area contributed by atoms with Gasteiger partial charge in [-0.25, -0.2) is 0 Å². The van der Waals surface area contributed by atoms with Gasteiger partial charge in [-0.3, -0.25) is 0 Å². The van der Waals surface area contributed by atoms with Gasteiger partial charge in [-0.2, -0.15) is 0 Å². The fraction of sp³-hybridized carbons (Fsp3) is 0.429. The molecule has 3 heteroatoms. The molecular weight excluding hydrogens is 212 g/mol. The summed E-state index contributed by atoms with van der Waals surface area (Å²) < 4.78 is 2.22. The topological polar surface area (TPSA) is 37.2 Å². The minimum atomic E-state index is 0.382. The Balaban J connectivity index is 2.59. The standard InChI is InChI=1S/C14H20N2O/c1-10(2)16-9-11(7-8-15-3)14-12(16)5-4-6-13(14)17/h4-6,9-10,15,17H,7-8H2,1-3H3. The molecule has 0 saturated heterocycles. The van der Waals surface area contributed by atoms with Gasteiger partial charge in [0.05, 0.1) is 5.52 Å². The van der Waals surface area contributed by atoms with Crippen molar-refractivity contribution in [2.75, 3.05) is 13.6 Å². The molecule has 0 aliphatic heterocycles. The van der Waals surface area contributed by atoms with Crippen LogP contribution < -0.4 is 5.32 Å². The zero-order valence-electron chi connectivity index (χ0n) is 10.7. The maximum absolute atomic E-state index is 10.0. The SMILES string of the molecule is CNCCc1cn(C(C)C)c2cccc(O)c12. The molecule has 0 unspecified atom stereocenters. The number of hydrogen-bond acceptors (Lipinski definition) is 2. The Kier molecular flexibility index (Phi) is 3.38. The molecule has 0 bridgehead atoms. The molecule has 2 aromatic rings. The van der Waals surface area contributed by atoms with Gasteiger partial charge in [-0.15, -0.1) is 0 Å². The van der Waals surface area contributed by atoms with Crippen LogP contribution in [0.15, 0.2) is 24.4 Å². The van der Waals surface area contributed by atoms with Gasteiger partial charge in [0.1, 0.15) is 5.75 Å². The summed E-state index contributed by atoms with van der Waals surface area (Å²) in [6.45, 7) is 5.24. The maximum atomic E-state index is 10.0. The lowest BCUT2D eigenvalue weighted by Gasteiger charge is -2.08. The number of aromatic hydroxyl groups is 1. The van der Waals surface area contributed by atoms with Crippen LogP contribution in [0.4, 0.5) is 0 Å². The fourth-order valence-corrected chi connectivity index (χ4v) is 2.25. The number of phenols is 1. The summed E-state index contributed by atoms with van der Waals surface area (Å²) in [5.41, 5.74) is 2.33. The highest BCUT2D eigenvalue weighted by molar-refractivity contribution is 5.89. The lowest BCUT2D eigenvalue weighted by Crippen LogP contribution is -2.10. The highest BCUT2D eigenvalue weighted by atomic mass is 16.3. The van der Waals surface area contributed by atoms with Crippen LogP contribution in [-0.4, -0.2) is 23.3 Å². The molecular formula is C14H20N2O. The maximum Gasteiger partial charge on any atom is 0.125 e. The van der Waals surface area contributed by atoms with Gasteiger partial charge in [0.25, 0.3) is 0 Å². The molecule has 0 atom stereocenters. The Morgan fingerprint density at radius 3 is 2.76 bits per heavy atom. The third kappa shape index (κ3) is 2.15. The summed E-state index contributed by atoms with van der Waals surface area (Å²) in [4.78, 5) is 0. The molecule has 3 nitrogen and oxygen atoms in total. The van der Waals surface area contributed by atoms with Crippen molar-refractivity contribution in [3.8, 4) is 5.75 Å². The lowest BCUT2D eigenvalue weighted by molar-refractivity contribution is 0.481. The summed E-state index contributed by atoms with van der Waals surface area (Å²) in [6.07, 6.45) is 3.09. The molecule has 2 N–H and O–H groups in total. The quantitative estimate of drug-likeness (QED) is 0.850. The van der Waals surface area contributed by atoms with E-state index >= 15 is 0 Å². The third-order valence-corrected chi connectivity index (χ3v) is 3.12. The van der Waals surface area contributed by atoms with Gasteiger partial charge in [0, 0.05) is 17.6 Å². The van der Waals surface area contributed by atoms with Crippen LogP contribution in [0.3, 0.4) is 0 Å². The largest absolute Gasteiger partial charge is 0.507 e. The van der Waals surface area contributed by atoms with Gasteiger partial charge in [0.2, 0.25) is 0 Å². The van der Waals surface area contributed by atoms with E-state index in [1.807, 2.05) is 13.1 Å². The molecule has 2 rings (SSSR count). The molecule has 0 aliphatic carbocycles. The van der Waals surface area contributed by atoms with Crippen molar-refractivity contribution in [2.24, 2.45) is 0 Å². The highest BCUT2D eigenvalue weighted by Gasteiger charge is 2.12. The van der Waals surface area contributed by atoms with Crippen LogP contribution in [0, 0.1) is 0 Å². The van der Waals surface area contributed by atoms with Crippen LogP contribution in [0.5, 0.6) is 5.75 Å². The smallest absolute Gasteiger partial charge is 0.125 e. The van der Waals surface area contributed by atoms with E-state index in [0.717, 1.165) is 23.9 Å². The number of hydrogen-bond donors (Lipinski definition) is 2. The number of nitrogens with one attached hydrogen (secondary N) is 1. The third-order valence-electron chi connectivity index (χ3n) is 3.12. The van der Waals surface area contributed by atoms with Crippen molar-refractivity contribution in [1.29, 1.82) is 0 Å². The molecule has 0 aliphatic rings. The summed E-state index contributed by atoms with van der Waals surface area (Å²) >= 11 is 0. The molecule has 0 spiro atoms. The molecule has 0 amide bonds. The second-order valence-electron chi connectivity index (χ2n) is 4.68. The average Bonchev–Trinajstić information content (AvgIpc) is 2.67. The first-order valence-corrected chi connectivity index (χ1v) is 6.11. The van der Waals surface area contributed by atoms with Crippen LogP contribution in [0.1, 0.15) is 25.5 Å². The van der Waals surface area contributed by atoms with Gasteiger partial charge in [0.15, 0.2) is 0 Å². The van der Waals surface area contributed by atoms with E-state index in [4.69, 9.17) is 0 Å². The Hall–Kier alpha value is -1.48. The number of aromatic nitrogens is 1. The predicted molar refractivity (Wildman–Crippen MR) is 71.6 cm³/mol.